The van der Waals surface area contributed by atoms with E-state index in [1.165, 1.54) is 6.08 Å². The van der Waals surface area contributed by atoms with Gasteiger partial charge < -0.3 is 10.1 Å². The van der Waals surface area contributed by atoms with Gasteiger partial charge in [0.1, 0.15) is 5.75 Å². The summed E-state index contributed by atoms with van der Waals surface area (Å²) >= 11 is 2.19. The summed E-state index contributed by atoms with van der Waals surface area (Å²) in [5.41, 5.74) is 1.73. The van der Waals surface area contributed by atoms with Crippen LogP contribution in [0.25, 0.3) is 6.08 Å². The molecule has 0 bridgehead atoms. The zero-order valence-electron chi connectivity index (χ0n) is 11.0. The largest absolute Gasteiger partial charge is 0.497 e. The number of hydrogen-bond donors (Lipinski definition) is 1. The number of rotatable bonds is 4. The Morgan fingerprint density at radius 1 is 1.20 bits per heavy atom. The lowest BCUT2D eigenvalue weighted by Crippen LogP contribution is -2.08. The number of para-hydroxylation sites is 1. The Hall–Kier alpha value is -1.82. The van der Waals surface area contributed by atoms with Gasteiger partial charge in [-0.1, -0.05) is 24.3 Å². The van der Waals surface area contributed by atoms with Crippen molar-refractivity contribution in [1.82, 2.24) is 0 Å². The molecule has 20 heavy (non-hydrogen) atoms. The minimum Gasteiger partial charge on any atom is -0.497 e. The molecule has 3 nitrogen and oxygen atoms in total. The van der Waals surface area contributed by atoms with Gasteiger partial charge in [-0.05, 0) is 58.5 Å². The third-order valence-corrected chi connectivity index (χ3v) is 3.59. The lowest BCUT2D eigenvalue weighted by Gasteiger charge is -2.04. The highest BCUT2D eigenvalue weighted by molar-refractivity contribution is 14.1. The van der Waals surface area contributed by atoms with Gasteiger partial charge in [-0.25, -0.2) is 0 Å². The van der Waals surface area contributed by atoms with Gasteiger partial charge in [-0.3, -0.25) is 4.79 Å². The van der Waals surface area contributed by atoms with Crippen LogP contribution in [0.3, 0.4) is 0 Å². The molecule has 2 aromatic carbocycles. The number of anilines is 1. The molecule has 0 aliphatic rings. The summed E-state index contributed by atoms with van der Waals surface area (Å²) in [6.45, 7) is 0. The fourth-order valence-corrected chi connectivity index (χ4v) is 2.18. The van der Waals surface area contributed by atoms with Gasteiger partial charge >= 0.3 is 0 Å². The van der Waals surface area contributed by atoms with Crippen LogP contribution >= 0.6 is 22.6 Å². The first-order valence-corrected chi connectivity index (χ1v) is 7.14. The molecule has 0 saturated heterocycles. The molecule has 1 amide bonds. The lowest BCUT2D eigenvalue weighted by molar-refractivity contribution is -0.111. The van der Waals surface area contributed by atoms with E-state index in [-0.39, 0.29) is 5.91 Å². The van der Waals surface area contributed by atoms with E-state index in [0.717, 1.165) is 20.6 Å². The zero-order chi connectivity index (χ0) is 14.4. The summed E-state index contributed by atoms with van der Waals surface area (Å²) in [4.78, 5) is 11.9. The van der Waals surface area contributed by atoms with Crippen LogP contribution in [0.4, 0.5) is 5.69 Å². The van der Waals surface area contributed by atoms with Crippen LogP contribution < -0.4 is 10.1 Å². The Morgan fingerprint density at radius 3 is 2.75 bits per heavy atom. The van der Waals surface area contributed by atoms with Crippen LogP contribution in [0.1, 0.15) is 5.56 Å². The topological polar surface area (TPSA) is 38.3 Å². The number of methoxy groups -OCH3 is 1. The summed E-state index contributed by atoms with van der Waals surface area (Å²) in [5.74, 6) is 0.613. The molecular weight excluding hydrogens is 365 g/mol. The van der Waals surface area contributed by atoms with Crippen molar-refractivity contribution >= 4 is 40.3 Å². The number of hydrogen-bond acceptors (Lipinski definition) is 2. The number of nitrogens with one attached hydrogen (secondary N) is 1. The molecule has 102 valence electrons. The second-order valence-corrected chi connectivity index (χ2v) is 5.24. The molecule has 2 rings (SSSR count). The zero-order valence-corrected chi connectivity index (χ0v) is 13.1. The predicted molar refractivity (Wildman–Crippen MR) is 89.8 cm³/mol. The molecule has 0 aliphatic heterocycles. The highest BCUT2D eigenvalue weighted by Gasteiger charge is 2.01. The predicted octanol–water partition coefficient (Wildman–Crippen LogP) is 3.95. The summed E-state index contributed by atoms with van der Waals surface area (Å²) in [5, 5.41) is 2.84. The molecule has 0 aliphatic carbocycles. The van der Waals surface area contributed by atoms with E-state index in [4.69, 9.17) is 4.74 Å². The number of carbonyl (C=O) groups excluding carboxylic acids is 1. The van der Waals surface area contributed by atoms with Crippen molar-refractivity contribution in [3.63, 3.8) is 0 Å². The van der Waals surface area contributed by atoms with Crippen LogP contribution in [0.5, 0.6) is 5.75 Å². The maximum absolute atomic E-state index is 11.9. The Kier molecular flexibility index (Phi) is 5.17. The Bertz CT molecular complexity index is 638. The molecule has 0 fully saturated rings. The molecule has 0 atom stereocenters. The first-order valence-electron chi connectivity index (χ1n) is 6.06. The molecule has 0 spiro atoms. The normalized spacial score (nSPS) is 10.5. The quantitative estimate of drug-likeness (QED) is 0.646. The SMILES string of the molecule is COc1cccc(/C=C/C(=O)Nc2ccccc2I)c1. The van der Waals surface area contributed by atoms with Crippen LogP contribution in [0, 0.1) is 3.57 Å². The highest BCUT2D eigenvalue weighted by atomic mass is 127. The van der Waals surface area contributed by atoms with E-state index in [2.05, 4.69) is 27.9 Å². The molecule has 0 heterocycles. The molecule has 4 heteroatoms. The lowest BCUT2D eigenvalue weighted by atomic mass is 10.2. The maximum Gasteiger partial charge on any atom is 0.248 e. The highest BCUT2D eigenvalue weighted by Crippen LogP contribution is 2.17. The summed E-state index contributed by atoms with van der Waals surface area (Å²) in [7, 11) is 1.62. The molecule has 0 unspecified atom stereocenters. The Morgan fingerprint density at radius 2 is 2.00 bits per heavy atom. The van der Waals surface area contributed by atoms with E-state index >= 15 is 0 Å². The van der Waals surface area contributed by atoms with Crippen LogP contribution in [0.2, 0.25) is 0 Å². The van der Waals surface area contributed by atoms with Crippen molar-refractivity contribution < 1.29 is 9.53 Å². The molecule has 0 aromatic heterocycles. The number of amides is 1. The van der Waals surface area contributed by atoms with Crippen molar-refractivity contribution in [3.8, 4) is 5.75 Å². The smallest absolute Gasteiger partial charge is 0.248 e. The third kappa shape index (κ3) is 4.09. The standard InChI is InChI=1S/C16H14INO2/c1-20-13-6-4-5-12(11-13)9-10-16(19)18-15-8-3-2-7-14(15)17/h2-11H,1H3,(H,18,19)/b10-9+. The van der Waals surface area contributed by atoms with E-state index in [0.29, 0.717) is 0 Å². The van der Waals surface area contributed by atoms with Crippen molar-refractivity contribution in [1.29, 1.82) is 0 Å². The average molecular weight is 379 g/mol. The number of ether oxygens (including phenoxy) is 1. The molecule has 0 radical (unpaired) electrons. The Labute approximate surface area is 131 Å². The second-order valence-electron chi connectivity index (χ2n) is 4.08. The fourth-order valence-electron chi connectivity index (χ4n) is 1.65. The van der Waals surface area contributed by atoms with Gasteiger partial charge in [0, 0.05) is 9.65 Å². The van der Waals surface area contributed by atoms with Gasteiger partial charge in [0.15, 0.2) is 0 Å². The van der Waals surface area contributed by atoms with Crippen LogP contribution in [-0.2, 0) is 4.79 Å². The van der Waals surface area contributed by atoms with Crippen LogP contribution in [-0.4, -0.2) is 13.0 Å². The van der Waals surface area contributed by atoms with Gasteiger partial charge in [-0.2, -0.15) is 0 Å². The van der Waals surface area contributed by atoms with Crippen molar-refractivity contribution in [2.24, 2.45) is 0 Å². The third-order valence-electron chi connectivity index (χ3n) is 2.65. The number of halogens is 1. The van der Waals surface area contributed by atoms with Gasteiger partial charge in [0.2, 0.25) is 5.91 Å². The van der Waals surface area contributed by atoms with Gasteiger partial charge in [0.05, 0.1) is 12.8 Å². The van der Waals surface area contributed by atoms with E-state index < -0.39 is 0 Å². The molecule has 1 N–H and O–H groups in total. The summed E-state index contributed by atoms with van der Waals surface area (Å²) in [6.07, 6.45) is 3.27. The van der Waals surface area contributed by atoms with E-state index in [1.807, 2.05) is 48.5 Å². The minimum absolute atomic E-state index is 0.156. The van der Waals surface area contributed by atoms with Crippen molar-refractivity contribution in [2.45, 2.75) is 0 Å². The van der Waals surface area contributed by atoms with E-state index in [1.54, 1.807) is 13.2 Å². The average Bonchev–Trinajstić information content (AvgIpc) is 2.48. The first kappa shape index (κ1) is 14.6. The van der Waals surface area contributed by atoms with Gasteiger partial charge in [-0.15, -0.1) is 0 Å². The summed E-state index contributed by atoms with van der Waals surface area (Å²) in [6, 6.07) is 15.2. The number of carbonyl (C=O) groups is 1. The van der Waals surface area contributed by atoms with Gasteiger partial charge in [0.25, 0.3) is 0 Å². The second kappa shape index (κ2) is 7.09. The minimum atomic E-state index is -0.156. The molecule has 2 aromatic rings. The first-order chi connectivity index (χ1) is 9.69. The maximum atomic E-state index is 11.9. The molecular formula is C16H14INO2. The number of benzene rings is 2. The van der Waals surface area contributed by atoms with Crippen molar-refractivity contribution in [3.05, 3.63) is 63.7 Å². The van der Waals surface area contributed by atoms with Crippen molar-refractivity contribution in [2.75, 3.05) is 12.4 Å². The summed E-state index contributed by atoms with van der Waals surface area (Å²) < 4.78 is 6.15. The monoisotopic (exact) mass is 379 g/mol. The fraction of sp³-hybridized carbons (Fsp3) is 0.0625. The van der Waals surface area contributed by atoms with Crippen LogP contribution in [0.15, 0.2) is 54.6 Å². The van der Waals surface area contributed by atoms with E-state index in [9.17, 15) is 4.79 Å². The Balaban J connectivity index is 2.04. The molecule has 0 saturated carbocycles.